The van der Waals surface area contributed by atoms with Gasteiger partial charge in [-0.3, -0.25) is 9.78 Å². The van der Waals surface area contributed by atoms with Gasteiger partial charge in [0.15, 0.2) is 0 Å². The van der Waals surface area contributed by atoms with Gasteiger partial charge in [-0.2, -0.15) is 0 Å². The van der Waals surface area contributed by atoms with Gasteiger partial charge in [-0.25, -0.2) is 0 Å². The largest absolute Gasteiger partial charge is 0.508 e. The van der Waals surface area contributed by atoms with Crippen molar-refractivity contribution >= 4 is 21.8 Å². The third kappa shape index (κ3) is 3.32. The molecule has 0 aliphatic carbocycles. The number of hydrogen-bond acceptors (Lipinski definition) is 3. The van der Waals surface area contributed by atoms with Crippen molar-refractivity contribution in [3.8, 4) is 5.75 Å². The fraction of sp³-hybridized carbons (Fsp3) is 0.143. The van der Waals surface area contributed by atoms with Gasteiger partial charge in [-0.05, 0) is 28.1 Å². The van der Waals surface area contributed by atoms with Gasteiger partial charge in [0.2, 0.25) is 0 Å². The number of para-hydroxylation sites is 1. The second kappa shape index (κ2) is 5.84. The molecule has 0 aliphatic rings. The molecule has 1 heterocycles. The van der Waals surface area contributed by atoms with Crippen LogP contribution < -0.4 is 0 Å². The minimum Gasteiger partial charge on any atom is -0.508 e. The summed E-state index contributed by atoms with van der Waals surface area (Å²) in [7, 11) is 1.69. The Bertz CT molecular complexity index is 602. The highest BCUT2D eigenvalue weighted by atomic mass is 79.9. The van der Waals surface area contributed by atoms with Crippen LogP contribution in [0.2, 0.25) is 0 Å². The van der Waals surface area contributed by atoms with Crippen LogP contribution in [0, 0.1) is 0 Å². The minimum absolute atomic E-state index is 0.142. The summed E-state index contributed by atoms with van der Waals surface area (Å²) in [6, 6.07) is 8.69. The molecular weight excluding hydrogens is 308 g/mol. The summed E-state index contributed by atoms with van der Waals surface area (Å²) in [6.45, 7) is 0.345. The molecule has 0 atom stereocenters. The third-order valence-corrected chi connectivity index (χ3v) is 3.13. The quantitative estimate of drug-likeness (QED) is 0.946. The van der Waals surface area contributed by atoms with Crippen molar-refractivity contribution in [1.82, 2.24) is 9.88 Å². The number of amides is 1. The number of phenols is 1. The average Bonchev–Trinajstić information content (AvgIpc) is 2.40. The number of halogens is 1. The summed E-state index contributed by atoms with van der Waals surface area (Å²) in [5.74, 6) is 0.0478. The molecule has 0 bridgehead atoms. The number of pyridine rings is 1. The van der Waals surface area contributed by atoms with Crippen LogP contribution in [-0.2, 0) is 6.54 Å². The molecule has 0 unspecified atom stereocenters. The normalized spacial score (nSPS) is 10.2. The van der Waals surface area contributed by atoms with Crippen LogP contribution in [0.15, 0.2) is 47.2 Å². The first-order chi connectivity index (χ1) is 9.08. The predicted molar refractivity (Wildman–Crippen MR) is 75.8 cm³/mol. The first kappa shape index (κ1) is 13.5. The molecule has 1 aromatic carbocycles. The molecule has 19 heavy (non-hydrogen) atoms. The third-order valence-electron chi connectivity index (χ3n) is 2.70. The highest BCUT2D eigenvalue weighted by Crippen LogP contribution is 2.18. The molecule has 4 nitrogen and oxygen atoms in total. The van der Waals surface area contributed by atoms with E-state index in [-0.39, 0.29) is 11.7 Å². The van der Waals surface area contributed by atoms with Crippen molar-refractivity contribution in [2.75, 3.05) is 7.05 Å². The van der Waals surface area contributed by atoms with Crippen molar-refractivity contribution in [2.45, 2.75) is 6.54 Å². The molecule has 5 heteroatoms. The monoisotopic (exact) mass is 320 g/mol. The number of aromatic hydroxyl groups is 1. The maximum Gasteiger partial charge on any atom is 0.255 e. The SMILES string of the molecule is CN(Cc1ccccc1O)C(=O)c1cncc(Br)c1. The molecule has 0 aliphatic heterocycles. The molecule has 98 valence electrons. The second-order valence-corrected chi connectivity index (χ2v) is 5.10. The standard InChI is InChI=1S/C14H13BrN2O2/c1-17(9-10-4-2-3-5-13(10)18)14(19)11-6-12(15)8-16-7-11/h2-8,18H,9H2,1H3. The van der Waals surface area contributed by atoms with E-state index in [1.165, 1.54) is 6.20 Å². The molecule has 0 fully saturated rings. The Morgan fingerprint density at radius 3 is 2.79 bits per heavy atom. The van der Waals surface area contributed by atoms with Crippen LogP contribution in [0.1, 0.15) is 15.9 Å². The van der Waals surface area contributed by atoms with E-state index >= 15 is 0 Å². The molecule has 0 spiro atoms. The van der Waals surface area contributed by atoms with E-state index < -0.39 is 0 Å². The van der Waals surface area contributed by atoms with Crippen molar-refractivity contribution in [3.05, 3.63) is 58.3 Å². The lowest BCUT2D eigenvalue weighted by Gasteiger charge is -2.17. The zero-order valence-electron chi connectivity index (χ0n) is 10.4. The van der Waals surface area contributed by atoms with Gasteiger partial charge < -0.3 is 10.0 Å². The van der Waals surface area contributed by atoms with Crippen LogP contribution in [0.3, 0.4) is 0 Å². The summed E-state index contributed by atoms with van der Waals surface area (Å²) >= 11 is 3.28. The molecular formula is C14H13BrN2O2. The number of benzene rings is 1. The Labute approximate surface area is 119 Å². The number of aromatic nitrogens is 1. The van der Waals surface area contributed by atoms with Gasteiger partial charge >= 0.3 is 0 Å². The number of nitrogens with zero attached hydrogens (tertiary/aromatic N) is 2. The zero-order valence-corrected chi connectivity index (χ0v) is 12.0. The smallest absolute Gasteiger partial charge is 0.255 e. The Balaban J connectivity index is 2.14. The van der Waals surface area contributed by atoms with E-state index in [1.54, 1.807) is 42.4 Å². The lowest BCUT2D eigenvalue weighted by Crippen LogP contribution is -2.26. The zero-order chi connectivity index (χ0) is 13.8. The van der Waals surface area contributed by atoms with Crippen LogP contribution in [0.5, 0.6) is 5.75 Å². The highest BCUT2D eigenvalue weighted by Gasteiger charge is 2.14. The van der Waals surface area contributed by atoms with Crippen molar-refractivity contribution in [1.29, 1.82) is 0 Å². The van der Waals surface area contributed by atoms with E-state index in [0.717, 1.165) is 4.47 Å². The van der Waals surface area contributed by atoms with Gasteiger partial charge in [-0.1, -0.05) is 18.2 Å². The Morgan fingerprint density at radius 1 is 1.37 bits per heavy atom. The van der Waals surface area contributed by atoms with Gasteiger partial charge in [0.1, 0.15) is 5.75 Å². The van der Waals surface area contributed by atoms with Gasteiger partial charge in [-0.15, -0.1) is 0 Å². The summed E-state index contributed by atoms with van der Waals surface area (Å²) in [4.78, 5) is 17.7. The molecule has 0 saturated heterocycles. The molecule has 2 aromatic rings. The first-order valence-electron chi connectivity index (χ1n) is 5.71. The number of carbonyl (C=O) groups is 1. The fourth-order valence-electron chi connectivity index (χ4n) is 1.72. The highest BCUT2D eigenvalue weighted by molar-refractivity contribution is 9.10. The minimum atomic E-state index is -0.142. The molecule has 2 rings (SSSR count). The van der Waals surface area contributed by atoms with Crippen LogP contribution >= 0.6 is 15.9 Å². The Morgan fingerprint density at radius 2 is 2.11 bits per heavy atom. The van der Waals surface area contributed by atoms with E-state index in [9.17, 15) is 9.90 Å². The summed E-state index contributed by atoms with van der Waals surface area (Å²) in [5.41, 5.74) is 1.22. The summed E-state index contributed by atoms with van der Waals surface area (Å²) in [5, 5.41) is 9.70. The molecule has 1 amide bonds. The predicted octanol–water partition coefficient (Wildman–Crippen LogP) is 2.82. The molecule has 1 aromatic heterocycles. The first-order valence-corrected chi connectivity index (χ1v) is 6.50. The number of phenolic OH excluding ortho intramolecular Hbond substituents is 1. The number of rotatable bonds is 3. The number of hydrogen-bond donors (Lipinski definition) is 1. The Kier molecular flexibility index (Phi) is 4.16. The van der Waals surface area contributed by atoms with E-state index in [2.05, 4.69) is 20.9 Å². The fourth-order valence-corrected chi connectivity index (χ4v) is 2.09. The second-order valence-electron chi connectivity index (χ2n) is 4.18. The topological polar surface area (TPSA) is 53.4 Å². The summed E-state index contributed by atoms with van der Waals surface area (Å²) in [6.07, 6.45) is 3.15. The van der Waals surface area contributed by atoms with E-state index in [4.69, 9.17) is 0 Å². The van der Waals surface area contributed by atoms with Crippen LogP contribution in [0.25, 0.3) is 0 Å². The van der Waals surface area contributed by atoms with E-state index in [0.29, 0.717) is 17.7 Å². The number of carbonyl (C=O) groups excluding carboxylic acids is 1. The van der Waals surface area contributed by atoms with Crippen molar-refractivity contribution < 1.29 is 9.90 Å². The lowest BCUT2D eigenvalue weighted by molar-refractivity contribution is 0.0784. The van der Waals surface area contributed by atoms with Crippen LogP contribution in [0.4, 0.5) is 0 Å². The van der Waals surface area contributed by atoms with Crippen molar-refractivity contribution in [2.24, 2.45) is 0 Å². The molecule has 0 radical (unpaired) electrons. The average molecular weight is 321 g/mol. The molecule has 1 N–H and O–H groups in total. The van der Waals surface area contributed by atoms with Crippen LogP contribution in [-0.4, -0.2) is 27.9 Å². The Hall–Kier alpha value is -1.88. The maximum atomic E-state index is 12.2. The molecule has 0 saturated carbocycles. The van der Waals surface area contributed by atoms with Crippen molar-refractivity contribution in [3.63, 3.8) is 0 Å². The summed E-state index contributed by atoms with van der Waals surface area (Å²) < 4.78 is 0.759. The van der Waals surface area contributed by atoms with Gasteiger partial charge in [0.05, 0.1) is 5.56 Å². The maximum absolute atomic E-state index is 12.2. The lowest BCUT2D eigenvalue weighted by atomic mass is 10.2. The van der Waals surface area contributed by atoms with Gasteiger partial charge in [0.25, 0.3) is 5.91 Å². The van der Waals surface area contributed by atoms with Gasteiger partial charge in [0, 0.05) is 36.0 Å². The van der Waals surface area contributed by atoms with E-state index in [1.807, 2.05) is 6.07 Å².